The summed E-state index contributed by atoms with van der Waals surface area (Å²) in [5.74, 6) is -0.533. The Morgan fingerprint density at radius 2 is 1.58 bits per heavy atom. The zero-order valence-corrected chi connectivity index (χ0v) is 13.5. The summed E-state index contributed by atoms with van der Waals surface area (Å²) in [5, 5.41) is 2.80. The third-order valence-corrected chi connectivity index (χ3v) is 4.71. The van der Waals surface area contributed by atoms with Crippen molar-refractivity contribution in [2.24, 2.45) is 0 Å². The fourth-order valence-electron chi connectivity index (χ4n) is 3.44. The lowest BCUT2D eigenvalue weighted by Gasteiger charge is -2.00. The van der Waals surface area contributed by atoms with Gasteiger partial charge >= 0.3 is 0 Å². The summed E-state index contributed by atoms with van der Waals surface area (Å²) in [4.78, 5) is 12.3. The Labute approximate surface area is 140 Å². The summed E-state index contributed by atoms with van der Waals surface area (Å²) < 4.78 is 13.6. The van der Waals surface area contributed by atoms with Crippen LogP contribution in [-0.4, -0.2) is 5.91 Å². The molecule has 0 fully saturated rings. The van der Waals surface area contributed by atoms with Crippen molar-refractivity contribution in [3.63, 3.8) is 0 Å². The maximum absolute atomic E-state index is 13.6. The molecule has 1 aromatic carbocycles. The second-order valence-corrected chi connectivity index (χ2v) is 6.10. The predicted molar refractivity (Wildman–Crippen MR) is 95.4 cm³/mol. The molecule has 118 valence electrons. The normalized spacial score (nSPS) is 15.0. The van der Waals surface area contributed by atoms with Gasteiger partial charge in [-0.3, -0.25) is 4.79 Å². The minimum atomic E-state index is -0.343. The summed E-state index contributed by atoms with van der Waals surface area (Å²) in [6, 6.07) is 14.6. The highest BCUT2D eigenvalue weighted by molar-refractivity contribution is 6.35. The van der Waals surface area contributed by atoms with Gasteiger partial charge in [-0.2, -0.15) is 0 Å². The smallest absolute Gasteiger partial charge is 0.256 e. The molecule has 3 heteroatoms. The number of benzene rings is 1. The number of hydrogen-bond acceptors (Lipinski definition) is 1. The third kappa shape index (κ3) is 2.13. The van der Waals surface area contributed by atoms with Crippen LogP contribution in [0.5, 0.6) is 0 Å². The topological polar surface area (TPSA) is 29.1 Å². The van der Waals surface area contributed by atoms with Crippen molar-refractivity contribution in [1.82, 2.24) is 0 Å². The van der Waals surface area contributed by atoms with Crippen molar-refractivity contribution in [2.75, 3.05) is 5.32 Å². The molecule has 0 saturated carbocycles. The van der Waals surface area contributed by atoms with Crippen molar-refractivity contribution in [2.45, 2.75) is 13.8 Å². The highest BCUT2D eigenvalue weighted by Crippen LogP contribution is 2.39. The molecule has 0 spiro atoms. The van der Waals surface area contributed by atoms with Gasteiger partial charge < -0.3 is 5.32 Å². The quantitative estimate of drug-likeness (QED) is 0.626. The summed E-state index contributed by atoms with van der Waals surface area (Å²) >= 11 is 0. The van der Waals surface area contributed by atoms with Crippen molar-refractivity contribution in [3.8, 4) is 11.1 Å². The van der Waals surface area contributed by atoms with E-state index in [1.54, 1.807) is 6.07 Å². The molecule has 2 aliphatic carbocycles. The zero-order valence-electron chi connectivity index (χ0n) is 13.5. The van der Waals surface area contributed by atoms with Crippen molar-refractivity contribution >= 4 is 23.2 Å². The zero-order chi connectivity index (χ0) is 16.8. The van der Waals surface area contributed by atoms with Crippen LogP contribution in [0.2, 0.25) is 0 Å². The van der Waals surface area contributed by atoms with E-state index in [0.717, 1.165) is 16.7 Å². The Morgan fingerprint density at radius 3 is 2.25 bits per heavy atom. The van der Waals surface area contributed by atoms with E-state index < -0.39 is 0 Å². The minimum Gasteiger partial charge on any atom is -0.321 e. The molecule has 1 N–H and O–H groups in total. The highest BCUT2D eigenvalue weighted by atomic mass is 19.1. The maximum Gasteiger partial charge on any atom is 0.256 e. The first-order valence-corrected chi connectivity index (χ1v) is 7.87. The van der Waals surface area contributed by atoms with E-state index in [9.17, 15) is 9.18 Å². The lowest BCUT2D eigenvalue weighted by molar-refractivity contribution is -0.110. The number of hydrogen-bond donors (Lipinski definition) is 1. The Balaban J connectivity index is 1.95. The van der Waals surface area contributed by atoms with Crippen LogP contribution in [0.3, 0.4) is 0 Å². The number of carbonyl (C=O) groups is 1. The molecular formula is C21H16FNO. The van der Waals surface area contributed by atoms with Crippen LogP contribution < -0.4 is 5.32 Å². The van der Waals surface area contributed by atoms with Crippen LogP contribution in [0.25, 0.3) is 22.8 Å². The number of nitrogens with one attached hydrogen (secondary N) is 1. The second-order valence-electron chi connectivity index (χ2n) is 6.10. The predicted octanol–water partition coefficient (Wildman–Crippen LogP) is 5.04. The van der Waals surface area contributed by atoms with E-state index in [1.807, 2.05) is 24.3 Å². The van der Waals surface area contributed by atoms with Gasteiger partial charge in [0, 0.05) is 16.8 Å². The number of halogens is 1. The molecule has 0 atom stereocenters. The SMILES string of the molecule is Cc1c2cccccc-2c(C)c1/C=C1/C(=O)Nc2ccc(F)cc21. The molecule has 0 aromatic heterocycles. The Kier molecular flexibility index (Phi) is 3.24. The maximum atomic E-state index is 13.6. The van der Waals surface area contributed by atoms with Crippen LogP contribution >= 0.6 is 0 Å². The van der Waals surface area contributed by atoms with Crippen molar-refractivity contribution in [3.05, 3.63) is 76.6 Å². The van der Waals surface area contributed by atoms with E-state index >= 15 is 0 Å². The average Bonchev–Trinajstić information content (AvgIpc) is 2.85. The monoisotopic (exact) mass is 317 g/mol. The summed E-state index contributed by atoms with van der Waals surface area (Å²) in [6.07, 6.45) is 1.88. The molecule has 0 radical (unpaired) electrons. The molecule has 24 heavy (non-hydrogen) atoms. The van der Waals surface area contributed by atoms with Crippen molar-refractivity contribution in [1.29, 1.82) is 0 Å². The number of rotatable bonds is 1. The van der Waals surface area contributed by atoms with Gasteiger partial charge in [0.25, 0.3) is 5.91 Å². The van der Waals surface area contributed by atoms with Gasteiger partial charge in [-0.25, -0.2) is 4.39 Å². The summed E-state index contributed by atoms with van der Waals surface area (Å²) in [5.41, 5.74) is 7.41. The summed E-state index contributed by atoms with van der Waals surface area (Å²) in [7, 11) is 0. The number of amides is 1. The molecule has 1 heterocycles. The molecule has 4 rings (SSSR count). The molecular weight excluding hydrogens is 301 g/mol. The fourth-order valence-corrected chi connectivity index (χ4v) is 3.44. The third-order valence-electron chi connectivity index (χ3n) is 4.71. The molecule has 3 aliphatic rings. The van der Waals surface area contributed by atoms with Crippen LogP contribution in [0.1, 0.15) is 22.3 Å². The standard InChI is InChI=1S/C21H16FNO/c1-12-15-6-4-3-5-7-16(15)13(2)17(12)11-19-18-10-14(22)8-9-20(18)23-21(19)24/h3-11H,1-2H3,(H,23,24)/b19-11+. The van der Waals surface area contributed by atoms with Gasteiger partial charge in [-0.15, -0.1) is 0 Å². The van der Waals surface area contributed by atoms with Crippen LogP contribution in [0.4, 0.5) is 10.1 Å². The van der Waals surface area contributed by atoms with Gasteiger partial charge in [0.05, 0.1) is 0 Å². The van der Waals surface area contributed by atoms with Crippen LogP contribution in [0, 0.1) is 19.7 Å². The molecule has 1 aliphatic heterocycles. The van der Waals surface area contributed by atoms with E-state index in [-0.39, 0.29) is 11.7 Å². The second kappa shape index (κ2) is 5.31. The number of anilines is 1. The average molecular weight is 317 g/mol. The van der Waals surface area contributed by atoms with Gasteiger partial charge in [0.2, 0.25) is 0 Å². The van der Waals surface area contributed by atoms with E-state index in [0.29, 0.717) is 16.8 Å². The first kappa shape index (κ1) is 14.6. The minimum absolute atomic E-state index is 0.190. The lowest BCUT2D eigenvalue weighted by Crippen LogP contribution is -2.03. The molecule has 1 amide bonds. The highest BCUT2D eigenvalue weighted by Gasteiger charge is 2.26. The van der Waals surface area contributed by atoms with Crippen LogP contribution in [0.15, 0.2) is 48.5 Å². The lowest BCUT2D eigenvalue weighted by atomic mass is 10.0. The van der Waals surface area contributed by atoms with Gasteiger partial charge in [-0.05, 0) is 65.9 Å². The fraction of sp³-hybridized carbons (Fsp3) is 0.0952. The molecule has 2 nitrogen and oxygen atoms in total. The summed E-state index contributed by atoms with van der Waals surface area (Å²) in [6.45, 7) is 4.11. The largest absolute Gasteiger partial charge is 0.321 e. The number of fused-ring (bicyclic) bond motifs is 2. The van der Waals surface area contributed by atoms with Crippen LogP contribution in [-0.2, 0) is 4.79 Å². The number of carbonyl (C=O) groups excluding carboxylic acids is 1. The first-order valence-electron chi connectivity index (χ1n) is 7.87. The van der Waals surface area contributed by atoms with Gasteiger partial charge in [0.1, 0.15) is 5.82 Å². The molecule has 0 saturated heterocycles. The molecule has 0 unspecified atom stereocenters. The Morgan fingerprint density at radius 1 is 0.917 bits per heavy atom. The van der Waals surface area contributed by atoms with E-state index in [4.69, 9.17) is 0 Å². The van der Waals surface area contributed by atoms with E-state index in [2.05, 4.69) is 31.3 Å². The van der Waals surface area contributed by atoms with Gasteiger partial charge in [0.15, 0.2) is 0 Å². The van der Waals surface area contributed by atoms with E-state index in [1.165, 1.54) is 23.3 Å². The Hall–Kier alpha value is -2.94. The van der Waals surface area contributed by atoms with Crippen molar-refractivity contribution < 1.29 is 9.18 Å². The molecule has 1 aromatic rings. The molecule has 0 bridgehead atoms. The first-order chi connectivity index (χ1) is 11.6. The van der Waals surface area contributed by atoms with Gasteiger partial charge in [-0.1, -0.05) is 30.3 Å². The Bertz CT molecular complexity index is 950.